The number of piperidine rings is 1. The average molecular weight is 500 g/mol. The molecule has 2 aliphatic heterocycles. The van der Waals surface area contributed by atoms with Crippen LogP contribution in [0.4, 0.5) is 14.6 Å². The van der Waals surface area contributed by atoms with Gasteiger partial charge >= 0.3 is 0 Å². The van der Waals surface area contributed by atoms with Gasteiger partial charge in [-0.2, -0.15) is 0 Å². The van der Waals surface area contributed by atoms with E-state index in [-0.39, 0.29) is 18.8 Å². The Morgan fingerprint density at radius 3 is 2.49 bits per heavy atom. The third-order valence-electron chi connectivity index (χ3n) is 7.79. The van der Waals surface area contributed by atoms with Crippen molar-refractivity contribution >= 4 is 17.4 Å². The van der Waals surface area contributed by atoms with Crippen molar-refractivity contribution in [2.45, 2.75) is 70.0 Å². The summed E-state index contributed by atoms with van der Waals surface area (Å²) in [4.78, 5) is 13.3. The van der Waals surface area contributed by atoms with E-state index in [0.29, 0.717) is 18.1 Å². The first-order valence-electron chi connectivity index (χ1n) is 12.1. The van der Waals surface area contributed by atoms with E-state index >= 15 is 0 Å². The molecule has 4 heterocycles. The van der Waals surface area contributed by atoms with Crippen LogP contribution in [0.2, 0.25) is 5.02 Å². The highest BCUT2D eigenvalue weighted by atomic mass is 35.5. The van der Waals surface area contributed by atoms with Gasteiger partial charge in [-0.3, -0.25) is 14.5 Å². The number of hydrogen-bond donors (Lipinski definition) is 0. The number of rotatable bonds is 3. The number of halogens is 3. The molecule has 184 valence electrons. The minimum Gasteiger partial charge on any atom is -0.355 e. The number of benzene rings is 1. The first kappa shape index (κ1) is 22.8. The van der Waals surface area contributed by atoms with Crippen molar-refractivity contribution in [1.82, 2.24) is 29.6 Å². The summed E-state index contributed by atoms with van der Waals surface area (Å²) in [6, 6.07) is 5.83. The fourth-order valence-electron chi connectivity index (χ4n) is 6.02. The lowest BCUT2D eigenvalue weighted by Crippen LogP contribution is -2.59. The van der Waals surface area contributed by atoms with E-state index in [2.05, 4.69) is 34.5 Å². The third-order valence-corrected chi connectivity index (χ3v) is 8.02. The summed E-state index contributed by atoms with van der Waals surface area (Å²) in [5.74, 6) is 0.303. The molecule has 6 rings (SSSR count). The Hall–Kier alpha value is -2.65. The summed E-state index contributed by atoms with van der Waals surface area (Å²) in [6.45, 7) is 6.66. The Morgan fingerprint density at radius 1 is 1.03 bits per heavy atom. The summed E-state index contributed by atoms with van der Waals surface area (Å²) in [5.41, 5.74) is 2.36. The summed E-state index contributed by atoms with van der Waals surface area (Å²) in [6.07, 6.45) is 5.01. The van der Waals surface area contributed by atoms with Crippen molar-refractivity contribution in [2.24, 2.45) is 0 Å². The number of anilines is 1. The van der Waals surface area contributed by atoms with E-state index in [1.54, 1.807) is 12.4 Å². The van der Waals surface area contributed by atoms with E-state index in [0.717, 1.165) is 60.3 Å². The zero-order valence-electron chi connectivity index (χ0n) is 19.9. The fraction of sp³-hybridized carbons (Fsp3) is 0.520. The summed E-state index contributed by atoms with van der Waals surface area (Å²) < 4.78 is 29.9. The molecule has 7 nitrogen and oxygen atoms in total. The van der Waals surface area contributed by atoms with Gasteiger partial charge in [0.25, 0.3) is 5.92 Å². The molecule has 1 aromatic carbocycles. The second kappa shape index (κ2) is 8.20. The second-order valence-corrected chi connectivity index (χ2v) is 10.8. The summed E-state index contributed by atoms with van der Waals surface area (Å²) >= 11 is 6.37. The normalized spacial score (nSPS) is 21.7. The lowest BCUT2D eigenvalue weighted by molar-refractivity contribution is -0.173. The van der Waals surface area contributed by atoms with Crippen molar-refractivity contribution < 1.29 is 8.78 Å². The molecule has 0 radical (unpaired) electrons. The highest BCUT2D eigenvalue weighted by Gasteiger charge is 2.57. The molecular formula is C25H28ClF2N7. The second-order valence-electron chi connectivity index (χ2n) is 10.4. The van der Waals surface area contributed by atoms with Crippen molar-refractivity contribution in [3.05, 3.63) is 58.5 Å². The number of hydrogen-bond acceptors (Lipinski definition) is 6. The molecule has 35 heavy (non-hydrogen) atoms. The molecule has 3 aromatic rings. The van der Waals surface area contributed by atoms with Crippen LogP contribution < -0.4 is 4.90 Å². The van der Waals surface area contributed by atoms with Crippen molar-refractivity contribution in [3.63, 3.8) is 0 Å². The maximum Gasteiger partial charge on any atom is 0.251 e. The SMILES string of the molecule is Cc1nccnc1N1CCC(c2nnc3n2-c2ccc(Cl)cc2CN(C2(C)CC(F)(F)C2)C3)CC1. The van der Waals surface area contributed by atoms with Crippen LogP contribution in [0.1, 0.15) is 61.4 Å². The molecule has 2 aromatic heterocycles. The predicted octanol–water partition coefficient (Wildman–Crippen LogP) is 4.91. The highest BCUT2D eigenvalue weighted by Crippen LogP contribution is 2.50. The van der Waals surface area contributed by atoms with Gasteiger partial charge in [0, 0.05) is 61.3 Å². The highest BCUT2D eigenvalue weighted by molar-refractivity contribution is 6.30. The van der Waals surface area contributed by atoms with Gasteiger partial charge in [0.15, 0.2) is 5.82 Å². The van der Waals surface area contributed by atoms with E-state index in [1.807, 2.05) is 32.0 Å². The topological polar surface area (TPSA) is 63.0 Å². The Kier molecular flexibility index (Phi) is 5.34. The minimum absolute atomic E-state index is 0.142. The average Bonchev–Trinajstić information content (AvgIpc) is 3.14. The van der Waals surface area contributed by atoms with Crippen LogP contribution in [0.5, 0.6) is 0 Å². The number of aromatic nitrogens is 5. The van der Waals surface area contributed by atoms with Crippen LogP contribution in [-0.2, 0) is 13.1 Å². The van der Waals surface area contributed by atoms with Crippen LogP contribution in [0.25, 0.3) is 5.69 Å². The Balaban J connectivity index is 1.31. The van der Waals surface area contributed by atoms with Crippen LogP contribution in [-0.4, -0.2) is 54.2 Å². The Bertz CT molecular complexity index is 1260. The molecule has 0 atom stereocenters. The molecule has 2 fully saturated rings. The number of fused-ring (bicyclic) bond motifs is 3. The lowest BCUT2D eigenvalue weighted by Gasteiger charge is -2.51. The predicted molar refractivity (Wildman–Crippen MR) is 129 cm³/mol. The summed E-state index contributed by atoms with van der Waals surface area (Å²) in [5, 5.41) is 9.86. The van der Waals surface area contributed by atoms with Gasteiger partial charge in [-0.1, -0.05) is 11.6 Å². The molecule has 0 amide bonds. The molecule has 0 bridgehead atoms. The van der Waals surface area contributed by atoms with Gasteiger partial charge in [-0.15, -0.1) is 10.2 Å². The monoisotopic (exact) mass is 499 g/mol. The van der Waals surface area contributed by atoms with Gasteiger partial charge < -0.3 is 4.90 Å². The van der Waals surface area contributed by atoms with Gasteiger partial charge in [0.05, 0.1) is 17.9 Å². The van der Waals surface area contributed by atoms with Crippen molar-refractivity contribution in [2.75, 3.05) is 18.0 Å². The Morgan fingerprint density at radius 2 is 1.77 bits per heavy atom. The van der Waals surface area contributed by atoms with E-state index in [9.17, 15) is 8.78 Å². The number of aryl methyl sites for hydroxylation is 1. The maximum atomic E-state index is 13.9. The lowest BCUT2D eigenvalue weighted by atomic mass is 9.73. The first-order chi connectivity index (χ1) is 16.7. The van der Waals surface area contributed by atoms with Gasteiger partial charge in [0.2, 0.25) is 0 Å². The molecule has 0 N–H and O–H groups in total. The third kappa shape index (κ3) is 3.98. The molecule has 0 unspecified atom stereocenters. The van der Waals surface area contributed by atoms with Gasteiger partial charge in [0.1, 0.15) is 11.6 Å². The van der Waals surface area contributed by atoms with Crippen molar-refractivity contribution in [1.29, 1.82) is 0 Å². The number of nitrogens with zero attached hydrogens (tertiary/aromatic N) is 7. The fourth-order valence-corrected chi connectivity index (χ4v) is 6.21. The van der Waals surface area contributed by atoms with Gasteiger partial charge in [-0.05, 0) is 50.5 Å². The molecule has 3 aliphatic rings. The zero-order chi connectivity index (χ0) is 24.4. The first-order valence-corrected chi connectivity index (χ1v) is 12.5. The smallest absolute Gasteiger partial charge is 0.251 e. The molecule has 10 heteroatoms. The van der Waals surface area contributed by atoms with Crippen molar-refractivity contribution in [3.8, 4) is 5.69 Å². The van der Waals surface area contributed by atoms with Gasteiger partial charge in [-0.25, -0.2) is 13.8 Å². The minimum atomic E-state index is -2.60. The van der Waals surface area contributed by atoms with Crippen LogP contribution >= 0.6 is 11.6 Å². The molecule has 1 aliphatic carbocycles. The van der Waals surface area contributed by atoms with E-state index in [4.69, 9.17) is 11.6 Å². The van der Waals surface area contributed by atoms with E-state index < -0.39 is 11.5 Å². The van der Waals surface area contributed by atoms with Crippen LogP contribution in [0.3, 0.4) is 0 Å². The zero-order valence-corrected chi connectivity index (χ0v) is 20.6. The largest absolute Gasteiger partial charge is 0.355 e. The van der Waals surface area contributed by atoms with Crippen LogP contribution in [0.15, 0.2) is 30.6 Å². The Labute approximate surface area is 208 Å². The summed E-state index contributed by atoms with van der Waals surface area (Å²) in [7, 11) is 0. The maximum absolute atomic E-state index is 13.9. The van der Waals surface area contributed by atoms with Crippen LogP contribution in [0, 0.1) is 6.92 Å². The van der Waals surface area contributed by atoms with E-state index in [1.165, 1.54) is 0 Å². The molecular weight excluding hydrogens is 472 g/mol. The molecule has 0 spiro atoms. The number of alkyl halides is 2. The molecule has 1 saturated heterocycles. The standard InChI is InChI=1S/C25H28ClF2N7/c1-16-22(30-8-7-29-16)33-9-5-17(6-10-33)23-32-31-21-13-34(24(2)14-25(27,28)15-24)12-18-11-19(26)3-4-20(18)35(21)23/h3-4,7-8,11,17H,5-6,9-10,12-15H2,1-2H3. The quantitative estimate of drug-likeness (QED) is 0.510. The molecule has 1 saturated carbocycles.